The van der Waals surface area contributed by atoms with Gasteiger partial charge in [0.1, 0.15) is 11.3 Å². The number of nitro groups is 1. The van der Waals surface area contributed by atoms with E-state index in [0.29, 0.717) is 0 Å². The smallest absolute Gasteiger partial charge is 0.304 e. The van der Waals surface area contributed by atoms with Gasteiger partial charge >= 0.3 is 5.69 Å². The average molecular weight is 301 g/mol. The van der Waals surface area contributed by atoms with Crippen molar-refractivity contribution < 1.29 is 18.1 Å². The molecule has 1 amide bonds. The predicted octanol–water partition coefficient (Wildman–Crippen LogP) is 0.342. The molecule has 0 atom stereocenters. The van der Waals surface area contributed by atoms with Gasteiger partial charge in [0.25, 0.3) is 5.91 Å². The predicted molar refractivity (Wildman–Crippen MR) is 74.2 cm³/mol. The van der Waals surface area contributed by atoms with Crippen LogP contribution in [0.15, 0.2) is 18.2 Å². The highest BCUT2D eigenvalue weighted by Crippen LogP contribution is 2.25. The van der Waals surface area contributed by atoms with Crippen molar-refractivity contribution in [1.29, 1.82) is 0 Å². The Hall–Kier alpha value is -2.16. The minimum atomic E-state index is -3.21. The Morgan fingerprint density at radius 3 is 2.65 bits per heavy atom. The van der Waals surface area contributed by atoms with E-state index in [-0.39, 0.29) is 29.3 Å². The molecular formula is C11H15N3O5S. The maximum absolute atomic E-state index is 11.8. The molecule has 1 rings (SSSR count). The first-order valence-corrected chi connectivity index (χ1v) is 7.62. The molecule has 1 aromatic carbocycles. The average Bonchev–Trinajstić information content (AvgIpc) is 2.37. The molecule has 20 heavy (non-hydrogen) atoms. The van der Waals surface area contributed by atoms with Gasteiger partial charge in [-0.1, -0.05) is 13.0 Å². The summed E-state index contributed by atoms with van der Waals surface area (Å²) in [7, 11) is -3.21. The fraction of sp³-hybridized carbons (Fsp3) is 0.364. The largest absolute Gasteiger partial charge is 0.393 e. The Labute approximate surface area is 116 Å². The van der Waals surface area contributed by atoms with Crippen molar-refractivity contribution in [3.63, 3.8) is 0 Å². The Morgan fingerprint density at radius 2 is 2.10 bits per heavy atom. The Balaban J connectivity index is 2.84. The van der Waals surface area contributed by atoms with E-state index in [1.165, 1.54) is 25.1 Å². The molecule has 0 aromatic heterocycles. The number of nitrogens with zero attached hydrogens (tertiary/aromatic N) is 1. The van der Waals surface area contributed by atoms with E-state index in [0.717, 1.165) is 0 Å². The van der Waals surface area contributed by atoms with Gasteiger partial charge in [-0.15, -0.1) is 0 Å². The summed E-state index contributed by atoms with van der Waals surface area (Å²) in [6.45, 7) is 1.39. The number of rotatable bonds is 6. The lowest BCUT2D eigenvalue weighted by atomic mass is 10.1. The minimum Gasteiger partial charge on any atom is -0.393 e. The van der Waals surface area contributed by atoms with E-state index in [9.17, 15) is 23.3 Å². The van der Waals surface area contributed by atoms with Gasteiger partial charge in [0.15, 0.2) is 9.84 Å². The van der Waals surface area contributed by atoms with Crippen LogP contribution in [0.4, 0.5) is 11.4 Å². The number of hydrogen-bond donors (Lipinski definition) is 2. The van der Waals surface area contributed by atoms with Crippen molar-refractivity contribution in [2.75, 3.05) is 23.8 Å². The molecule has 0 heterocycles. The van der Waals surface area contributed by atoms with Gasteiger partial charge in [-0.3, -0.25) is 14.9 Å². The topological polar surface area (TPSA) is 132 Å². The van der Waals surface area contributed by atoms with E-state index in [2.05, 4.69) is 5.32 Å². The Morgan fingerprint density at radius 1 is 1.45 bits per heavy atom. The summed E-state index contributed by atoms with van der Waals surface area (Å²) in [4.78, 5) is 22.0. The lowest BCUT2D eigenvalue weighted by molar-refractivity contribution is -0.384. The van der Waals surface area contributed by atoms with Gasteiger partial charge in [0.2, 0.25) is 0 Å². The van der Waals surface area contributed by atoms with Crippen molar-refractivity contribution in [1.82, 2.24) is 5.32 Å². The third-order valence-corrected chi connectivity index (χ3v) is 4.34. The van der Waals surface area contributed by atoms with Crippen LogP contribution >= 0.6 is 0 Å². The van der Waals surface area contributed by atoms with E-state index >= 15 is 0 Å². The van der Waals surface area contributed by atoms with Crippen molar-refractivity contribution in [3.05, 3.63) is 33.9 Å². The SMILES string of the molecule is CCS(=O)(=O)CCNC(=O)c1cccc(N)c1[N+](=O)[O-]. The molecule has 0 spiro atoms. The molecule has 1 aromatic rings. The standard InChI is InChI=1S/C11H15N3O5S/c1-2-20(18,19)7-6-13-11(15)8-4-3-5-9(12)10(8)14(16)17/h3-5H,2,6-7,12H2,1H3,(H,13,15). The minimum absolute atomic E-state index is 0.0265. The second-order valence-electron chi connectivity index (χ2n) is 3.99. The molecule has 0 radical (unpaired) electrons. The first kappa shape index (κ1) is 15.9. The van der Waals surface area contributed by atoms with Gasteiger partial charge in [-0.25, -0.2) is 8.42 Å². The van der Waals surface area contributed by atoms with Crippen LogP contribution in [0.2, 0.25) is 0 Å². The molecule has 0 fully saturated rings. The number of amides is 1. The molecule has 0 aliphatic heterocycles. The molecule has 3 N–H and O–H groups in total. The number of carbonyl (C=O) groups is 1. The van der Waals surface area contributed by atoms with Gasteiger partial charge in [-0.05, 0) is 12.1 Å². The molecule has 0 aliphatic carbocycles. The van der Waals surface area contributed by atoms with Crippen LogP contribution in [0.1, 0.15) is 17.3 Å². The molecule has 0 saturated carbocycles. The highest BCUT2D eigenvalue weighted by molar-refractivity contribution is 7.91. The summed E-state index contributed by atoms with van der Waals surface area (Å²) in [5, 5.41) is 13.2. The number of para-hydroxylation sites is 1. The fourth-order valence-electron chi connectivity index (χ4n) is 1.51. The lowest BCUT2D eigenvalue weighted by Gasteiger charge is -2.07. The third kappa shape index (κ3) is 3.92. The summed E-state index contributed by atoms with van der Waals surface area (Å²) in [5.74, 6) is -0.970. The number of nitrogens with one attached hydrogen (secondary N) is 1. The molecule has 0 aliphatic rings. The summed E-state index contributed by atoms with van der Waals surface area (Å²) in [6.07, 6.45) is 0. The first-order chi connectivity index (χ1) is 9.28. The molecule has 8 nitrogen and oxygen atoms in total. The van der Waals surface area contributed by atoms with Gasteiger partial charge in [0.05, 0.1) is 10.7 Å². The summed E-state index contributed by atoms with van der Waals surface area (Å²) in [5.41, 5.74) is 4.67. The van der Waals surface area contributed by atoms with E-state index in [1.54, 1.807) is 0 Å². The van der Waals surface area contributed by atoms with Crippen molar-refractivity contribution in [2.24, 2.45) is 0 Å². The monoisotopic (exact) mass is 301 g/mol. The molecule has 0 saturated heterocycles. The molecule has 0 unspecified atom stereocenters. The van der Waals surface area contributed by atoms with Crippen LogP contribution < -0.4 is 11.1 Å². The molecule has 0 bridgehead atoms. The number of nitrogens with two attached hydrogens (primary N) is 1. The van der Waals surface area contributed by atoms with Crippen LogP contribution in [-0.4, -0.2) is 37.3 Å². The zero-order chi connectivity index (χ0) is 15.3. The zero-order valence-electron chi connectivity index (χ0n) is 10.8. The summed E-state index contributed by atoms with van der Waals surface area (Å²) in [6, 6.07) is 3.99. The van der Waals surface area contributed by atoms with Gasteiger partial charge < -0.3 is 11.1 Å². The van der Waals surface area contributed by atoms with Crippen LogP contribution in [0.25, 0.3) is 0 Å². The summed E-state index contributed by atoms with van der Waals surface area (Å²) >= 11 is 0. The van der Waals surface area contributed by atoms with Crippen LogP contribution in [0.3, 0.4) is 0 Å². The quantitative estimate of drug-likeness (QED) is 0.442. The maximum atomic E-state index is 11.8. The zero-order valence-corrected chi connectivity index (χ0v) is 11.6. The molecular weight excluding hydrogens is 286 g/mol. The second-order valence-corrected chi connectivity index (χ2v) is 6.47. The number of sulfone groups is 1. The number of hydrogen-bond acceptors (Lipinski definition) is 6. The van der Waals surface area contributed by atoms with Crippen molar-refractivity contribution in [3.8, 4) is 0 Å². The van der Waals surface area contributed by atoms with Crippen molar-refractivity contribution >= 4 is 27.1 Å². The van der Waals surface area contributed by atoms with Crippen LogP contribution in [0, 0.1) is 10.1 Å². The number of benzene rings is 1. The number of nitrogen functional groups attached to an aromatic ring is 1. The second kappa shape index (κ2) is 6.33. The number of carbonyl (C=O) groups excluding carboxylic acids is 1. The highest BCUT2D eigenvalue weighted by Gasteiger charge is 2.23. The Bertz CT molecular complexity index is 627. The highest BCUT2D eigenvalue weighted by atomic mass is 32.2. The van der Waals surface area contributed by atoms with E-state index < -0.39 is 26.4 Å². The van der Waals surface area contributed by atoms with Gasteiger partial charge in [0, 0.05) is 12.3 Å². The third-order valence-electron chi connectivity index (χ3n) is 2.63. The van der Waals surface area contributed by atoms with Crippen molar-refractivity contribution in [2.45, 2.75) is 6.92 Å². The fourth-order valence-corrected chi connectivity index (χ4v) is 2.21. The van der Waals surface area contributed by atoms with E-state index in [4.69, 9.17) is 5.73 Å². The number of anilines is 1. The first-order valence-electron chi connectivity index (χ1n) is 5.80. The molecule has 9 heteroatoms. The lowest BCUT2D eigenvalue weighted by Crippen LogP contribution is -2.30. The number of nitro benzene ring substituents is 1. The maximum Gasteiger partial charge on any atom is 0.304 e. The summed E-state index contributed by atoms with van der Waals surface area (Å²) < 4.78 is 22.5. The molecule has 110 valence electrons. The Kier molecular flexibility index (Phi) is 5.03. The van der Waals surface area contributed by atoms with Crippen LogP contribution in [0.5, 0.6) is 0 Å². The van der Waals surface area contributed by atoms with E-state index in [1.807, 2.05) is 0 Å². The normalized spacial score (nSPS) is 11.1. The van der Waals surface area contributed by atoms with Crippen LogP contribution in [-0.2, 0) is 9.84 Å². The van der Waals surface area contributed by atoms with Gasteiger partial charge in [-0.2, -0.15) is 0 Å².